The molecule has 5 rings (SSSR count). The molecule has 9 heteroatoms. The molecule has 1 aliphatic heterocycles. The lowest BCUT2D eigenvalue weighted by Gasteiger charge is -2.34. The molecule has 2 aliphatic rings. The molecule has 39 heavy (non-hydrogen) atoms. The maximum atomic E-state index is 13.2. The molecule has 0 fully saturated rings. The molecule has 0 bridgehead atoms. The lowest BCUT2D eigenvalue weighted by atomic mass is 9.72. The zero-order valence-corrected chi connectivity index (χ0v) is 23.9. The van der Waals surface area contributed by atoms with Gasteiger partial charge in [0.05, 0.1) is 32.5 Å². The number of carbonyl (C=O) groups excluding carboxylic acids is 2. The molecule has 0 saturated carbocycles. The van der Waals surface area contributed by atoms with Gasteiger partial charge in [0, 0.05) is 4.88 Å². The highest BCUT2D eigenvalue weighted by atomic mass is 32.1. The number of thiophene rings is 1. The Labute approximate surface area is 232 Å². The average molecular weight is 551 g/mol. The average Bonchev–Trinajstić information content (AvgIpc) is 3.30. The summed E-state index contributed by atoms with van der Waals surface area (Å²) in [6, 6.07) is 10.2. The van der Waals surface area contributed by atoms with E-state index in [0.29, 0.717) is 28.9 Å². The Balaban J connectivity index is 1.30. The van der Waals surface area contributed by atoms with E-state index in [1.54, 1.807) is 35.6 Å². The van der Waals surface area contributed by atoms with Gasteiger partial charge in [-0.2, -0.15) is 0 Å². The minimum atomic E-state index is -0.562. The van der Waals surface area contributed by atoms with Crippen LogP contribution in [0.5, 0.6) is 23.0 Å². The van der Waals surface area contributed by atoms with Crippen molar-refractivity contribution in [3.63, 3.8) is 0 Å². The van der Waals surface area contributed by atoms with E-state index >= 15 is 0 Å². The fraction of sp³-hybridized carbons (Fsp3) is 0.400. The molecule has 2 heterocycles. The second-order valence-electron chi connectivity index (χ2n) is 10.9. The molecule has 1 amide bonds. The predicted octanol–water partition coefficient (Wildman–Crippen LogP) is 6.00. The molecule has 0 unspecified atom stereocenters. The van der Waals surface area contributed by atoms with E-state index in [0.717, 1.165) is 35.4 Å². The number of hydrogen-bond donors (Lipinski definition) is 2. The largest absolute Gasteiger partial charge is 0.493 e. The molecule has 1 aromatic heterocycles. The van der Waals surface area contributed by atoms with Crippen molar-refractivity contribution in [3.8, 4) is 23.0 Å². The molecular weight excluding hydrogens is 516 g/mol. The number of fused-ring (bicyclic) bond motifs is 3. The Morgan fingerprint density at radius 3 is 2.23 bits per heavy atom. The highest BCUT2D eigenvalue weighted by molar-refractivity contribution is 7.16. The van der Waals surface area contributed by atoms with E-state index in [4.69, 9.17) is 18.9 Å². The Morgan fingerprint density at radius 1 is 0.974 bits per heavy atom. The first kappa shape index (κ1) is 26.9. The first-order valence-corrected chi connectivity index (χ1v) is 13.8. The summed E-state index contributed by atoms with van der Waals surface area (Å²) in [5.74, 6) is 1.50. The molecule has 1 aliphatic carbocycles. The molecule has 0 radical (unpaired) electrons. The van der Waals surface area contributed by atoms with Crippen LogP contribution in [0.1, 0.15) is 70.1 Å². The number of nitrogens with one attached hydrogen (secondary N) is 2. The van der Waals surface area contributed by atoms with Crippen LogP contribution in [-0.2, 0) is 12.8 Å². The zero-order valence-electron chi connectivity index (χ0n) is 23.1. The van der Waals surface area contributed by atoms with Crippen molar-refractivity contribution in [2.45, 2.75) is 46.2 Å². The minimum Gasteiger partial charge on any atom is -0.493 e. The second kappa shape index (κ2) is 10.4. The van der Waals surface area contributed by atoms with Gasteiger partial charge in [-0.15, -0.1) is 11.3 Å². The number of amides is 1. The maximum absolute atomic E-state index is 13.2. The minimum absolute atomic E-state index is 0.0432. The summed E-state index contributed by atoms with van der Waals surface area (Å²) < 4.78 is 21.6. The van der Waals surface area contributed by atoms with Crippen molar-refractivity contribution in [1.29, 1.82) is 0 Å². The summed E-state index contributed by atoms with van der Waals surface area (Å²) in [6.45, 7) is 6.88. The van der Waals surface area contributed by atoms with Crippen LogP contribution in [0, 0.1) is 11.3 Å². The summed E-state index contributed by atoms with van der Waals surface area (Å²) in [5, 5.41) is 7.55. The van der Waals surface area contributed by atoms with Gasteiger partial charge in [0.1, 0.15) is 16.9 Å². The van der Waals surface area contributed by atoms with E-state index in [1.807, 2.05) is 12.1 Å². The molecular formula is C30H34N2O6S. The van der Waals surface area contributed by atoms with Gasteiger partial charge in [0.15, 0.2) is 11.5 Å². The van der Waals surface area contributed by atoms with Crippen molar-refractivity contribution in [3.05, 3.63) is 63.5 Å². The third kappa shape index (κ3) is 5.15. The lowest BCUT2D eigenvalue weighted by Crippen LogP contribution is -2.38. The van der Waals surface area contributed by atoms with Crippen LogP contribution in [0.3, 0.4) is 0 Å². The number of hydrogen-bond acceptors (Lipinski definition) is 8. The molecule has 8 nitrogen and oxygen atoms in total. The van der Waals surface area contributed by atoms with Gasteiger partial charge in [-0.1, -0.05) is 32.9 Å². The molecule has 0 spiro atoms. The van der Waals surface area contributed by atoms with Gasteiger partial charge >= 0.3 is 5.97 Å². The normalized spacial score (nSPS) is 18.3. The lowest BCUT2D eigenvalue weighted by molar-refractivity contribution is 0.0733. The van der Waals surface area contributed by atoms with Crippen molar-refractivity contribution < 1.29 is 28.5 Å². The van der Waals surface area contributed by atoms with Crippen LogP contribution >= 0.6 is 11.3 Å². The molecule has 206 valence electrons. The Bertz CT molecular complexity index is 1380. The summed E-state index contributed by atoms with van der Waals surface area (Å²) in [4.78, 5) is 27.3. The predicted molar refractivity (Wildman–Crippen MR) is 151 cm³/mol. The molecule has 0 saturated heterocycles. The van der Waals surface area contributed by atoms with Gasteiger partial charge in [-0.25, -0.2) is 4.79 Å². The summed E-state index contributed by atoms with van der Waals surface area (Å²) in [5.41, 5.74) is 3.37. The first-order chi connectivity index (χ1) is 18.6. The smallest absolute Gasteiger partial charge is 0.343 e. The maximum Gasteiger partial charge on any atom is 0.343 e. The number of esters is 1. The number of benzene rings is 2. The third-order valence-electron chi connectivity index (χ3n) is 7.59. The van der Waals surface area contributed by atoms with Crippen molar-refractivity contribution in [2.24, 2.45) is 11.3 Å². The summed E-state index contributed by atoms with van der Waals surface area (Å²) in [7, 11) is 4.47. The first-order valence-electron chi connectivity index (χ1n) is 13.0. The van der Waals surface area contributed by atoms with E-state index in [-0.39, 0.29) is 23.1 Å². The van der Waals surface area contributed by atoms with E-state index < -0.39 is 5.97 Å². The van der Waals surface area contributed by atoms with E-state index in [2.05, 4.69) is 31.4 Å². The van der Waals surface area contributed by atoms with E-state index in [1.165, 1.54) is 31.8 Å². The van der Waals surface area contributed by atoms with Crippen LogP contribution in [0.25, 0.3) is 0 Å². The number of anilines is 1. The monoisotopic (exact) mass is 550 g/mol. The van der Waals surface area contributed by atoms with Crippen LogP contribution < -0.4 is 29.6 Å². The fourth-order valence-corrected chi connectivity index (χ4v) is 6.65. The van der Waals surface area contributed by atoms with Crippen LogP contribution in [0.4, 0.5) is 5.00 Å². The quantitative estimate of drug-likeness (QED) is 0.287. The number of rotatable bonds is 6. The van der Waals surface area contributed by atoms with Crippen LogP contribution in [-0.4, -0.2) is 33.2 Å². The van der Waals surface area contributed by atoms with Crippen molar-refractivity contribution in [2.75, 3.05) is 26.6 Å². The fourth-order valence-electron chi connectivity index (χ4n) is 5.30. The summed E-state index contributed by atoms with van der Waals surface area (Å²) in [6.07, 6.45) is 2.69. The number of ether oxygens (including phenoxy) is 4. The second-order valence-corrected chi connectivity index (χ2v) is 12.0. The highest BCUT2D eigenvalue weighted by Crippen LogP contribution is 2.46. The van der Waals surface area contributed by atoms with Gasteiger partial charge in [-0.3, -0.25) is 4.79 Å². The van der Waals surface area contributed by atoms with Gasteiger partial charge in [0.2, 0.25) is 5.75 Å². The third-order valence-corrected chi connectivity index (χ3v) is 8.78. The topological polar surface area (TPSA) is 95.1 Å². The van der Waals surface area contributed by atoms with Crippen LogP contribution in [0.15, 0.2) is 36.4 Å². The Morgan fingerprint density at radius 2 is 1.64 bits per heavy atom. The number of carbonyl (C=O) groups is 2. The zero-order chi connectivity index (χ0) is 27.9. The van der Waals surface area contributed by atoms with Crippen molar-refractivity contribution in [1.82, 2.24) is 5.32 Å². The standard InChI is InChI=1S/C30H34N2O6S/c1-30(2,3)18-9-12-20-23(15-18)39-28-24(20)27(33)31-26(32-28)16-7-10-19(11-8-16)38-29(34)17-13-21(35-4)25(37-6)22(14-17)36-5/h7-8,10-11,13-14,18,26,32H,9,12,15H2,1-6H3,(H,31,33)/t18-,26-/m0/s1. The van der Waals surface area contributed by atoms with Gasteiger partial charge in [-0.05, 0) is 66.0 Å². The molecule has 3 aromatic rings. The summed E-state index contributed by atoms with van der Waals surface area (Å²) >= 11 is 1.71. The Hall–Kier alpha value is -3.72. The Kier molecular flexibility index (Phi) is 7.20. The SMILES string of the molecule is COc1cc(C(=O)Oc2ccc([C@H]3NC(=O)c4c(sc5c4CC[C@H](C(C)(C)C)C5)N3)cc2)cc(OC)c1OC. The highest BCUT2D eigenvalue weighted by Gasteiger charge is 2.36. The van der Waals surface area contributed by atoms with Gasteiger partial charge < -0.3 is 29.6 Å². The molecule has 2 N–H and O–H groups in total. The van der Waals surface area contributed by atoms with Gasteiger partial charge in [0.25, 0.3) is 5.91 Å². The van der Waals surface area contributed by atoms with Crippen LogP contribution in [0.2, 0.25) is 0 Å². The number of methoxy groups -OCH3 is 3. The van der Waals surface area contributed by atoms with Crippen molar-refractivity contribution >= 4 is 28.2 Å². The molecule has 2 aromatic carbocycles. The van der Waals surface area contributed by atoms with E-state index in [9.17, 15) is 9.59 Å². The molecule has 2 atom stereocenters.